The van der Waals surface area contributed by atoms with Gasteiger partial charge in [0, 0.05) is 20.0 Å². The summed E-state index contributed by atoms with van der Waals surface area (Å²) in [7, 11) is 3.38. The zero-order chi connectivity index (χ0) is 22.1. The first-order valence-corrected chi connectivity index (χ1v) is 10.6. The molecule has 4 nitrogen and oxygen atoms in total. The van der Waals surface area contributed by atoms with E-state index in [2.05, 4.69) is 0 Å². The number of hydrogen-bond donors (Lipinski definition) is 0. The zero-order valence-electron chi connectivity index (χ0n) is 18.2. The molecule has 0 saturated carbocycles. The highest BCUT2D eigenvalue weighted by Crippen LogP contribution is 2.18. The lowest BCUT2D eigenvalue weighted by Gasteiger charge is -2.23. The Kier molecular flexibility index (Phi) is 7.99. The normalized spacial score (nSPS) is 11.5. The summed E-state index contributed by atoms with van der Waals surface area (Å²) < 4.78 is 5.20. The molecule has 1 amide bonds. The number of rotatable bonds is 10. The molecule has 0 N–H and O–H groups in total. The molecule has 1 unspecified atom stereocenters. The smallest absolute Gasteiger partial charge is 0.233 e. The highest BCUT2D eigenvalue weighted by molar-refractivity contribution is 6.01. The van der Waals surface area contributed by atoms with E-state index in [0.29, 0.717) is 25.8 Å². The Bertz CT molecular complexity index is 968. The van der Waals surface area contributed by atoms with Gasteiger partial charge in [-0.05, 0) is 41.7 Å². The second kappa shape index (κ2) is 11.1. The van der Waals surface area contributed by atoms with Crippen LogP contribution in [0.15, 0.2) is 84.9 Å². The fraction of sp³-hybridized carbons (Fsp3) is 0.259. The van der Waals surface area contributed by atoms with Crippen molar-refractivity contribution in [2.75, 3.05) is 14.2 Å². The van der Waals surface area contributed by atoms with Crippen molar-refractivity contribution < 1.29 is 14.3 Å². The number of carbonyl (C=O) groups is 2. The molecule has 0 aliphatic rings. The fourth-order valence-corrected chi connectivity index (χ4v) is 3.62. The second-order valence-electron chi connectivity index (χ2n) is 7.74. The number of nitrogens with zero attached hydrogens (tertiary/aromatic N) is 1. The van der Waals surface area contributed by atoms with Crippen molar-refractivity contribution in [1.29, 1.82) is 0 Å². The molecule has 0 aliphatic carbocycles. The van der Waals surface area contributed by atoms with E-state index < -0.39 is 5.92 Å². The van der Waals surface area contributed by atoms with Crippen LogP contribution in [-0.2, 0) is 29.0 Å². The summed E-state index contributed by atoms with van der Waals surface area (Å²) in [6.07, 6.45) is 1.41. The van der Waals surface area contributed by atoms with E-state index in [9.17, 15) is 9.59 Å². The molecule has 0 radical (unpaired) electrons. The van der Waals surface area contributed by atoms with Gasteiger partial charge in [0.05, 0.1) is 7.11 Å². The van der Waals surface area contributed by atoms with Gasteiger partial charge in [0.15, 0.2) is 0 Å². The molecule has 31 heavy (non-hydrogen) atoms. The monoisotopic (exact) mass is 415 g/mol. The maximum absolute atomic E-state index is 13.3. The summed E-state index contributed by atoms with van der Waals surface area (Å²) in [6.45, 7) is 0.445. The zero-order valence-corrected chi connectivity index (χ0v) is 18.2. The van der Waals surface area contributed by atoms with Gasteiger partial charge in [0.1, 0.15) is 17.5 Å². The first-order valence-electron chi connectivity index (χ1n) is 10.6. The molecule has 0 aromatic heterocycles. The van der Waals surface area contributed by atoms with Crippen LogP contribution in [0.1, 0.15) is 23.1 Å². The molecule has 0 saturated heterocycles. The Morgan fingerprint density at radius 1 is 0.806 bits per heavy atom. The van der Waals surface area contributed by atoms with Gasteiger partial charge in [-0.3, -0.25) is 9.59 Å². The lowest BCUT2D eigenvalue weighted by atomic mass is 9.90. The molecule has 3 rings (SSSR count). The maximum atomic E-state index is 13.3. The third kappa shape index (κ3) is 6.54. The third-order valence-corrected chi connectivity index (χ3v) is 5.43. The highest BCUT2D eigenvalue weighted by Gasteiger charge is 2.29. The van der Waals surface area contributed by atoms with E-state index in [1.54, 1.807) is 19.1 Å². The second-order valence-corrected chi connectivity index (χ2v) is 7.74. The number of benzene rings is 3. The van der Waals surface area contributed by atoms with Gasteiger partial charge in [0.25, 0.3) is 0 Å². The van der Waals surface area contributed by atoms with Crippen LogP contribution in [0.2, 0.25) is 0 Å². The van der Waals surface area contributed by atoms with Crippen LogP contribution in [0.4, 0.5) is 0 Å². The van der Waals surface area contributed by atoms with Gasteiger partial charge in [-0.15, -0.1) is 0 Å². The summed E-state index contributed by atoms with van der Waals surface area (Å²) in [5.74, 6) is -0.0675. The molecule has 0 bridgehead atoms. The van der Waals surface area contributed by atoms with E-state index in [-0.39, 0.29) is 11.7 Å². The molecule has 4 heteroatoms. The van der Waals surface area contributed by atoms with E-state index >= 15 is 0 Å². The molecule has 0 aliphatic heterocycles. The molecule has 0 spiro atoms. The summed E-state index contributed by atoms with van der Waals surface area (Å²) in [5, 5.41) is 0. The van der Waals surface area contributed by atoms with Gasteiger partial charge in [0.2, 0.25) is 5.91 Å². The first-order chi connectivity index (χ1) is 15.1. The molecule has 160 valence electrons. The van der Waals surface area contributed by atoms with Gasteiger partial charge in [-0.25, -0.2) is 0 Å². The molecule has 1 atom stereocenters. The first kappa shape index (κ1) is 22.3. The minimum absolute atomic E-state index is 0.0145. The third-order valence-electron chi connectivity index (χ3n) is 5.43. The molecule has 3 aromatic carbocycles. The standard InChI is InChI=1S/C27H29NO3/c1-28(20-23-13-16-24(31-2)17-14-23)27(30)25(19-22-11-7-4-8-12-22)26(29)18-15-21-9-5-3-6-10-21/h3-14,16-17,25H,15,18-20H2,1-2H3. The van der Waals surface area contributed by atoms with Crippen molar-refractivity contribution in [3.63, 3.8) is 0 Å². The van der Waals surface area contributed by atoms with Crippen LogP contribution in [-0.4, -0.2) is 30.7 Å². The Hall–Kier alpha value is -3.40. The number of hydrogen-bond acceptors (Lipinski definition) is 3. The lowest BCUT2D eigenvalue weighted by molar-refractivity contribution is -0.140. The van der Waals surface area contributed by atoms with Gasteiger partial charge >= 0.3 is 0 Å². The predicted octanol–water partition coefficient (Wildman–Crippen LogP) is 4.71. The van der Waals surface area contributed by atoms with Crippen LogP contribution in [0.5, 0.6) is 5.75 Å². The number of ether oxygens (including phenoxy) is 1. The topological polar surface area (TPSA) is 46.6 Å². The Labute approximate surface area is 184 Å². The number of Topliss-reactive ketones (excluding diaryl/α,β-unsaturated/α-hetero) is 1. The lowest BCUT2D eigenvalue weighted by Crippen LogP contribution is -2.38. The Morgan fingerprint density at radius 2 is 1.39 bits per heavy atom. The minimum Gasteiger partial charge on any atom is -0.497 e. The summed E-state index contributed by atoms with van der Waals surface area (Å²) in [4.78, 5) is 28.1. The van der Waals surface area contributed by atoms with Crippen LogP contribution in [0, 0.1) is 5.92 Å². The van der Waals surface area contributed by atoms with Crippen molar-refractivity contribution >= 4 is 11.7 Å². The van der Waals surface area contributed by atoms with Crippen molar-refractivity contribution in [3.8, 4) is 5.75 Å². The molecule has 3 aromatic rings. The average Bonchev–Trinajstić information content (AvgIpc) is 2.82. The molecule has 0 heterocycles. The fourth-order valence-electron chi connectivity index (χ4n) is 3.62. The van der Waals surface area contributed by atoms with E-state index in [0.717, 1.165) is 22.4 Å². The van der Waals surface area contributed by atoms with E-state index in [4.69, 9.17) is 4.74 Å². The summed E-state index contributed by atoms with van der Waals surface area (Å²) >= 11 is 0. The SMILES string of the molecule is COc1ccc(CN(C)C(=O)C(Cc2ccccc2)C(=O)CCc2ccccc2)cc1. The van der Waals surface area contributed by atoms with Crippen molar-refractivity contribution in [3.05, 3.63) is 102 Å². The van der Waals surface area contributed by atoms with Gasteiger partial charge < -0.3 is 9.64 Å². The Balaban J connectivity index is 1.71. The predicted molar refractivity (Wildman–Crippen MR) is 123 cm³/mol. The van der Waals surface area contributed by atoms with Crippen LogP contribution < -0.4 is 4.74 Å². The van der Waals surface area contributed by atoms with Crippen molar-refractivity contribution in [2.24, 2.45) is 5.92 Å². The van der Waals surface area contributed by atoms with E-state index in [1.807, 2.05) is 84.9 Å². The Morgan fingerprint density at radius 3 is 1.97 bits per heavy atom. The van der Waals surface area contributed by atoms with Crippen LogP contribution >= 0.6 is 0 Å². The van der Waals surface area contributed by atoms with Crippen LogP contribution in [0.25, 0.3) is 0 Å². The van der Waals surface area contributed by atoms with Crippen molar-refractivity contribution in [2.45, 2.75) is 25.8 Å². The van der Waals surface area contributed by atoms with Crippen molar-refractivity contribution in [1.82, 2.24) is 4.90 Å². The maximum Gasteiger partial charge on any atom is 0.233 e. The number of carbonyl (C=O) groups excluding carboxylic acids is 2. The molecular formula is C27H29NO3. The van der Waals surface area contributed by atoms with Crippen LogP contribution in [0.3, 0.4) is 0 Å². The highest BCUT2D eigenvalue weighted by atomic mass is 16.5. The number of methoxy groups -OCH3 is 1. The minimum atomic E-state index is -0.686. The number of ketones is 1. The number of amides is 1. The average molecular weight is 416 g/mol. The van der Waals surface area contributed by atoms with Gasteiger partial charge in [-0.1, -0.05) is 72.8 Å². The molecule has 0 fully saturated rings. The largest absolute Gasteiger partial charge is 0.497 e. The quantitative estimate of drug-likeness (QED) is 0.450. The van der Waals surface area contributed by atoms with Gasteiger partial charge in [-0.2, -0.15) is 0 Å². The van der Waals surface area contributed by atoms with E-state index in [1.165, 1.54) is 0 Å². The summed E-state index contributed by atoms with van der Waals surface area (Å²) in [5.41, 5.74) is 3.09. The summed E-state index contributed by atoms with van der Waals surface area (Å²) in [6, 6.07) is 27.3. The number of aryl methyl sites for hydroxylation is 1. The molecular weight excluding hydrogens is 386 g/mol.